The average molecular weight is 350 g/mol. The molecule has 0 spiro atoms. The van der Waals surface area contributed by atoms with E-state index in [1.54, 1.807) is 35.4 Å². The molecule has 0 aliphatic heterocycles. The minimum Gasteiger partial charge on any atom is -0.508 e. The Morgan fingerprint density at radius 2 is 1.81 bits per heavy atom. The highest BCUT2D eigenvalue weighted by Crippen LogP contribution is 2.22. The third kappa shape index (κ3) is 4.06. The number of furan rings is 1. The molecule has 0 aliphatic carbocycles. The molecule has 3 aromatic rings. The van der Waals surface area contributed by atoms with Gasteiger partial charge in [0.1, 0.15) is 11.5 Å². The van der Waals surface area contributed by atoms with Crippen LogP contribution in [0.3, 0.4) is 0 Å². The normalized spacial score (nSPS) is 10.5. The number of carbonyl (C=O) groups excluding carboxylic acids is 1. The number of benzene rings is 2. The Labute approximate surface area is 153 Å². The van der Waals surface area contributed by atoms with Gasteiger partial charge in [0.2, 0.25) is 0 Å². The highest BCUT2D eigenvalue weighted by molar-refractivity contribution is 5.95. The van der Waals surface area contributed by atoms with Crippen molar-refractivity contribution < 1.29 is 14.3 Å². The molecule has 3 rings (SSSR count). The van der Waals surface area contributed by atoms with Crippen LogP contribution in [0.4, 0.5) is 5.69 Å². The van der Waals surface area contributed by atoms with E-state index in [4.69, 9.17) is 4.42 Å². The molecule has 2 aromatic carbocycles. The first-order valence-electron chi connectivity index (χ1n) is 8.40. The highest BCUT2D eigenvalue weighted by Gasteiger charge is 2.19. The minimum atomic E-state index is -0.117. The zero-order valence-electron chi connectivity index (χ0n) is 14.9. The standard InChI is InChI=1S/C21H22N2O3/c1-22(2)18-9-5-8-16(13-18)21(25)23(15-19-10-6-12-26-19)14-17-7-3-4-11-20(17)24/h3-13,24H,14-15H2,1-2H3. The van der Waals surface area contributed by atoms with E-state index < -0.39 is 0 Å². The van der Waals surface area contributed by atoms with E-state index in [1.807, 2.05) is 55.4 Å². The van der Waals surface area contributed by atoms with E-state index in [0.29, 0.717) is 30.0 Å². The lowest BCUT2D eigenvalue weighted by Gasteiger charge is -2.23. The number of carbonyl (C=O) groups is 1. The van der Waals surface area contributed by atoms with Crippen molar-refractivity contribution in [2.24, 2.45) is 0 Å². The number of para-hydroxylation sites is 1. The van der Waals surface area contributed by atoms with Crippen molar-refractivity contribution in [2.45, 2.75) is 13.1 Å². The van der Waals surface area contributed by atoms with Crippen molar-refractivity contribution in [3.05, 3.63) is 83.8 Å². The van der Waals surface area contributed by atoms with Crippen LogP contribution >= 0.6 is 0 Å². The molecular weight excluding hydrogens is 328 g/mol. The van der Waals surface area contributed by atoms with Crippen molar-refractivity contribution in [3.8, 4) is 5.75 Å². The van der Waals surface area contributed by atoms with Gasteiger partial charge in [-0.05, 0) is 36.4 Å². The van der Waals surface area contributed by atoms with Crippen LogP contribution in [-0.4, -0.2) is 30.0 Å². The minimum absolute atomic E-state index is 0.117. The van der Waals surface area contributed by atoms with E-state index >= 15 is 0 Å². The molecule has 1 heterocycles. The molecule has 0 fully saturated rings. The maximum Gasteiger partial charge on any atom is 0.254 e. The van der Waals surface area contributed by atoms with Gasteiger partial charge >= 0.3 is 0 Å². The largest absolute Gasteiger partial charge is 0.508 e. The van der Waals surface area contributed by atoms with Crippen LogP contribution < -0.4 is 4.90 Å². The summed E-state index contributed by atoms with van der Waals surface area (Å²) in [5.41, 5.74) is 2.24. The third-order valence-corrected chi connectivity index (χ3v) is 4.18. The molecule has 0 saturated heterocycles. The fourth-order valence-corrected chi connectivity index (χ4v) is 2.74. The predicted molar refractivity (Wildman–Crippen MR) is 101 cm³/mol. The zero-order chi connectivity index (χ0) is 18.5. The van der Waals surface area contributed by atoms with E-state index in [9.17, 15) is 9.90 Å². The molecule has 5 heteroatoms. The topological polar surface area (TPSA) is 56.9 Å². The Hall–Kier alpha value is -3.21. The number of aromatic hydroxyl groups is 1. The molecule has 0 radical (unpaired) electrons. The maximum absolute atomic E-state index is 13.1. The molecule has 1 N–H and O–H groups in total. The summed E-state index contributed by atoms with van der Waals surface area (Å²) in [6.45, 7) is 0.616. The number of hydrogen-bond donors (Lipinski definition) is 1. The summed E-state index contributed by atoms with van der Waals surface area (Å²) in [7, 11) is 3.87. The van der Waals surface area contributed by atoms with E-state index in [2.05, 4.69) is 0 Å². The molecule has 5 nitrogen and oxygen atoms in total. The second-order valence-corrected chi connectivity index (χ2v) is 6.31. The number of nitrogens with zero attached hydrogens (tertiary/aromatic N) is 2. The first-order chi connectivity index (χ1) is 12.5. The predicted octanol–water partition coefficient (Wildman–Crippen LogP) is 3.89. The van der Waals surface area contributed by atoms with Crippen LogP contribution in [0.1, 0.15) is 21.7 Å². The molecule has 1 amide bonds. The Balaban J connectivity index is 1.90. The summed E-state index contributed by atoms with van der Waals surface area (Å²) in [4.78, 5) is 16.8. The SMILES string of the molecule is CN(C)c1cccc(C(=O)N(Cc2ccco2)Cc2ccccc2O)c1. The van der Waals surface area contributed by atoms with Gasteiger partial charge in [-0.2, -0.15) is 0 Å². The molecule has 134 valence electrons. The zero-order valence-corrected chi connectivity index (χ0v) is 14.9. The van der Waals surface area contributed by atoms with E-state index in [1.165, 1.54) is 0 Å². The Kier molecular flexibility index (Phi) is 5.27. The molecular formula is C21H22N2O3. The summed E-state index contributed by atoms with van der Waals surface area (Å²) in [6.07, 6.45) is 1.59. The van der Waals surface area contributed by atoms with Crippen molar-refractivity contribution in [3.63, 3.8) is 0 Å². The van der Waals surface area contributed by atoms with Crippen molar-refractivity contribution >= 4 is 11.6 Å². The third-order valence-electron chi connectivity index (χ3n) is 4.18. The smallest absolute Gasteiger partial charge is 0.254 e. The van der Waals surface area contributed by atoms with Gasteiger partial charge < -0.3 is 19.3 Å². The molecule has 0 atom stereocenters. The van der Waals surface area contributed by atoms with Gasteiger partial charge in [0.05, 0.1) is 19.4 Å². The Morgan fingerprint density at radius 3 is 2.50 bits per heavy atom. The van der Waals surface area contributed by atoms with Crippen LogP contribution in [0, 0.1) is 0 Å². The van der Waals surface area contributed by atoms with Gasteiger partial charge in [-0.15, -0.1) is 0 Å². The lowest BCUT2D eigenvalue weighted by atomic mass is 10.1. The summed E-state index contributed by atoms with van der Waals surface area (Å²) >= 11 is 0. The number of phenolic OH excluding ortho intramolecular Hbond substituents is 1. The number of anilines is 1. The summed E-state index contributed by atoms with van der Waals surface area (Å²) in [6, 6.07) is 18.2. The molecule has 26 heavy (non-hydrogen) atoms. The van der Waals surface area contributed by atoms with Gasteiger partial charge in [0, 0.05) is 30.9 Å². The lowest BCUT2D eigenvalue weighted by Crippen LogP contribution is -2.30. The van der Waals surface area contributed by atoms with Gasteiger partial charge in [-0.25, -0.2) is 0 Å². The number of hydrogen-bond acceptors (Lipinski definition) is 4. The van der Waals surface area contributed by atoms with E-state index in [-0.39, 0.29) is 11.7 Å². The van der Waals surface area contributed by atoms with Crippen LogP contribution in [0.25, 0.3) is 0 Å². The van der Waals surface area contributed by atoms with Gasteiger partial charge in [-0.1, -0.05) is 24.3 Å². The van der Waals surface area contributed by atoms with Crippen LogP contribution in [0.2, 0.25) is 0 Å². The summed E-state index contributed by atoms with van der Waals surface area (Å²) < 4.78 is 5.42. The lowest BCUT2D eigenvalue weighted by molar-refractivity contribution is 0.0716. The second kappa shape index (κ2) is 7.78. The number of amides is 1. The first-order valence-corrected chi connectivity index (χ1v) is 8.40. The number of phenols is 1. The monoisotopic (exact) mass is 350 g/mol. The molecule has 0 unspecified atom stereocenters. The molecule has 0 aliphatic rings. The summed E-state index contributed by atoms with van der Waals surface area (Å²) in [5.74, 6) is 0.748. The Morgan fingerprint density at radius 1 is 1.00 bits per heavy atom. The summed E-state index contributed by atoms with van der Waals surface area (Å²) in [5, 5.41) is 10.1. The quantitative estimate of drug-likeness (QED) is 0.733. The first kappa shape index (κ1) is 17.6. The van der Waals surface area contributed by atoms with Crippen molar-refractivity contribution in [1.29, 1.82) is 0 Å². The second-order valence-electron chi connectivity index (χ2n) is 6.31. The van der Waals surface area contributed by atoms with Gasteiger partial charge in [0.15, 0.2) is 0 Å². The fourth-order valence-electron chi connectivity index (χ4n) is 2.74. The molecule has 1 aromatic heterocycles. The van der Waals surface area contributed by atoms with Crippen LogP contribution in [0.5, 0.6) is 5.75 Å². The average Bonchev–Trinajstić information content (AvgIpc) is 3.15. The number of rotatable bonds is 6. The molecule has 0 saturated carbocycles. The van der Waals surface area contributed by atoms with Crippen LogP contribution in [0.15, 0.2) is 71.3 Å². The molecule has 0 bridgehead atoms. The van der Waals surface area contributed by atoms with Crippen molar-refractivity contribution in [1.82, 2.24) is 4.90 Å². The Bertz CT molecular complexity index is 872. The van der Waals surface area contributed by atoms with Gasteiger partial charge in [0.25, 0.3) is 5.91 Å². The maximum atomic E-state index is 13.1. The van der Waals surface area contributed by atoms with E-state index in [0.717, 1.165) is 5.69 Å². The van der Waals surface area contributed by atoms with Crippen LogP contribution in [-0.2, 0) is 13.1 Å². The fraction of sp³-hybridized carbons (Fsp3) is 0.190. The van der Waals surface area contributed by atoms with Crippen molar-refractivity contribution in [2.75, 3.05) is 19.0 Å². The highest BCUT2D eigenvalue weighted by atomic mass is 16.3. The van der Waals surface area contributed by atoms with Gasteiger partial charge in [-0.3, -0.25) is 4.79 Å².